The van der Waals surface area contributed by atoms with Gasteiger partial charge in [-0.15, -0.1) is 0 Å². The lowest BCUT2D eigenvalue weighted by molar-refractivity contribution is -0.317. The quantitative estimate of drug-likeness (QED) is 0.584. The van der Waals surface area contributed by atoms with Gasteiger partial charge in [-0.25, -0.2) is 4.79 Å². The van der Waals surface area contributed by atoms with Crippen molar-refractivity contribution in [3.05, 3.63) is 0 Å². The lowest BCUT2D eigenvalue weighted by Gasteiger charge is -1.89. The minimum Gasteiger partial charge on any atom is -0.450 e. The summed E-state index contributed by atoms with van der Waals surface area (Å²) < 4.78 is 22.4. The van der Waals surface area contributed by atoms with Crippen LogP contribution in [-0.2, 0) is 9.88 Å². The SMILES string of the molecule is CCOC(N)=O.FOF.[Si]. The van der Waals surface area contributed by atoms with Crippen LogP contribution >= 0.6 is 0 Å². The van der Waals surface area contributed by atoms with Gasteiger partial charge < -0.3 is 10.5 Å². The Morgan fingerprint density at radius 2 is 1.90 bits per heavy atom. The van der Waals surface area contributed by atoms with Crippen molar-refractivity contribution >= 4 is 17.1 Å². The van der Waals surface area contributed by atoms with Crippen molar-refractivity contribution in [3.8, 4) is 0 Å². The number of nitrogens with two attached hydrogens (primary N) is 1. The van der Waals surface area contributed by atoms with Gasteiger partial charge in [-0.3, -0.25) is 0 Å². The van der Waals surface area contributed by atoms with Crippen LogP contribution in [0.4, 0.5) is 13.8 Å². The summed E-state index contributed by atoms with van der Waals surface area (Å²) in [5.41, 5.74) is 4.54. The Hall–Kier alpha value is -0.693. The highest BCUT2D eigenvalue weighted by Crippen LogP contribution is 1.66. The molecular weight excluding hydrogens is 164 g/mol. The predicted octanol–water partition coefficient (Wildman–Crippen LogP) is 0.493. The van der Waals surface area contributed by atoms with Crippen LogP contribution in [0.25, 0.3) is 0 Å². The number of carbonyl (C=O) groups excluding carboxylic acids is 1. The summed E-state index contributed by atoms with van der Waals surface area (Å²) >= 11 is 0. The van der Waals surface area contributed by atoms with Crippen molar-refractivity contribution in [2.45, 2.75) is 6.92 Å². The molecule has 0 saturated carbocycles. The Morgan fingerprint density at radius 1 is 1.60 bits per heavy atom. The summed E-state index contributed by atoms with van der Waals surface area (Å²) in [4.78, 5) is 9.60. The molecule has 0 aromatic rings. The summed E-state index contributed by atoms with van der Waals surface area (Å²) in [5, 5.41) is 1.25. The van der Waals surface area contributed by atoms with Crippen molar-refractivity contribution in [2.24, 2.45) is 5.73 Å². The average Bonchev–Trinajstić information content (AvgIpc) is 1.67. The van der Waals surface area contributed by atoms with Crippen molar-refractivity contribution < 1.29 is 23.7 Å². The molecule has 60 valence electrons. The first-order chi connectivity index (χ1) is 4.18. The van der Waals surface area contributed by atoms with Gasteiger partial charge in [-0.05, 0) is 16.0 Å². The number of hydrogen-bond acceptors (Lipinski definition) is 3. The Balaban J connectivity index is -0.000000107. The Morgan fingerprint density at radius 3 is 1.90 bits per heavy atom. The summed E-state index contributed by atoms with van der Waals surface area (Å²) in [6.45, 7) is 2.06. The highest BCUT2D eigenvalue weighted by molar-refractivity contribution is 5.75. The third kappa shape index (κ3) is 54.6. The topological polar surface area (TPSA) is 61.5 Å². The van der Waals surface area contributed by atoms with E-state index in [0.29, 0.717) is 6.61 Å². The first-order valence-corrected chi connectivity index (χ1v) is 2.00. The number of carbonyl (C=O) groups is 1. The molecule has 2 N–H and O–H groups in total. The van der Waals surface area contributed by atoms with E-state index >= 15 is 0 Å². The second kappa shape index (κ2) is 15.7. The van der Waals surface area contributed by atoms with Gasteiger partial charge in [0.2, 0.25) is 0 Å². The predicted molar refractivity (Wildman–Crippen MR) is 30.3 cm³/mol. The van der Waals surface area contributed by atoms with Gasteiger partial charge in [0.1, 0.15) is 0 Å². The number of primary amides is 1. The molecule has 0 spiro atoms. The molecule has 0 aliphatic rings. The average molecular weight is 171 g/mol. The van der Waals surface area contributed by atoms with E-state index in [1.165, 1.54) is 5.15 Å². The Labute approximate surface area is 61.1 Å². The van der Waals surface area contributed by atoms with E-state index in [9.17, 15) is 4.79 Å². The van der Waals surface area contributed by atoms with Crippen molar-refractivity contribution in [1.29, 1.82) is 0 Å². The summed E-state index contributed by atoms with van der Waals surface area (Å²) in [7, 11) is 0. The first kappa shape index (κ1) is 16.1. The number of hydrogen-bond donors (Lipinski definition) is 1. The second-order valence-electron chi connectivity index (χ2n) is 0.810. The molecule has 0 bridgehead atoms. The molecule has 0 atom stereocenters. The molecular formula is C3H7F2NO3Si. The van der Waals surface area contributed by atoms with Crippen LogP contribution < -0.4 is 5.73 Å². The third-order valence-corrected chi connectivity index (χ3v) is 0.287. The lowest BCUT2D eigenvalue weighted by atomic mass is 10.9. The third-order valence-electron chi connectivity index (χ3n) is 0.287. The zero-order chi connectivity index (χ0) is 7.70. The van der Waals surface area contributed by atoms with Gasteiger partial charge in [0.05, 0.1) is 6.61 Å². The Bertz CT molecular complexity index is 74.8. The van der Waals surface area contributed by atoms with Crippen molar-refractivity contribution in [3.63, 3.8) is 0 Å². The molecule has 0 aliphatic carbocycles. The minimum absolute atomic E-state index is 0. The molecule has 4 radical (unpaired) electrons. The fraction of sp³-hybridized carbons (Fsp3) is 0.667. The smallest absolute Gasteiger partial charge is 0.404 e. The molecule has 0 aliphatic heterocycles. The lowest BCUT2D eigenvalue weighted by Crippen LogP contribution is -2.11. The van der Waals surface area contributed by atoms with E-state index in [0.717, 1.165) is 0 Å². The van der Waals surface area contributed by atoms with Crippen LogP contribution in [0.5, 0.6) is 0 Å². The van der Waals surface area contributed by atoms with E-state index in [1.54, 1.807) is 6.92 Å². The van der Waals surface area contributed by atoms with Crippen LogP contribution in [0.3, 0.4) is 0 Å². The van der Waals surface area contributed by atoms with Gasteiger partial charge in [-0.1, -0.05) is 0 Å². The van der Waals surface area contributed by atoms with Crippen molar-refractivity contribution in [2.75, 3.05) is 6.61 Å². The molecule has 4 nitrogen and oxygen atoms in total. The van der Waals surface area contributed by atoms with Crippen LogP contribution in [0, 0.1) is 0 Å². The maximum absolute atomic E-state index is 9.60. The molecule has 1 amide bonds. The van der Waals surface area contributed by atoms with Crippen LogP contribution in [0.15, 0.2) is 0 Å². The largest absolute Gasteiger partial charge is 0.450 e. The summed E-state index contributed by atoms with van der Waals surface area (Å²) in [6, 6.07) is 0. The maximum atomic E-state index is 9.60. The zero-order valence-corrected chi connectivity index (χ0v) is 6.27. The van der Waals surface area contributed by atoms with Crippen LogP contribution in [0.2, 0.25) is 0 Å². The first-order valence-electron chi connectivity index (χ1n) is 2.00. The molecule has 0 rings (SSSR count). The molecule has 0 heterocycles. The van der Waals surface area contributed by atoms with Gasteiger partial charge in [0.15, 0.2) is 0 Å². The zero-order valence-electron chi connectivity index (χ0n) is 5.27. The number of halogens is 2. The molecule has 0 fully saturated rings. The number of amides is 1. The van der Waals surface area contributed by atoms with Gasteiger partial charge in [0, 0.05) is 16.1 Å². The maximum Gasteiger partial charge on any atom is 0.404 e. The normalized spacial score (nSPS) is 6.30. The minimum atomic E-state index is -0.711. The van der Waals surface area contributed by atoms with E-state index in [1.807, 2.05) is 0 Å². The molecule has 0 aromatic heterocycles. The van der Waals surface area contributed by atoms with E-state index in [2.05, 4.69) is 10.5 Å². The van der Waals surface area contributed by atoms with E-state index in [-0.39, 0.29) is 11.0 Å². The standard InChI is InChI=1S/C3H7NO2.F2O.Si/c1-2-6-3(4)5;1-3-2;/h2H2,1H3,(H2,4,5);;. The van der Waals surface area contributed by atoms with E-state index in [4.69, 9.17) is 9.05 Å². The monoisotopic (exact) mass is 171 g/mol. The summed E-state index contributed by atoms with van der Waals surface area (Å²) in [5.74, 6) is 0. The molecule has 0 unspecified atom stereocenters. The van der Waals surface area contributed by atoms with Gasteiger partial charge in [-0.2, -0.15) is 0 Å². The fourth-order valence-corrected chi connectivity index (χ4v) is 0.142. The van der Waals surface area contributed by atoms with Crippen LogP contribution in [-0.4, -0.2) is 23.7 Å². The van der Waals surface area contributed by atoms with Crippen LogP contribution in [0.1, 0.15) is 6.92 Å². The highest BCUT2D eigenvalue weighted by Gasteiger charge is 1.82. The second-order valence-corrected chi connectivity index (χ2v) is 0.810. The fourth-order valence-electron chi connectivity index (χ4n) is 0.142. The van der Waals surface area contributed by atoms with Gasteiger partial charge in [0.25, 0.3) is 0 Å². The van der Waals surface area contributed by atoms with Crippen molar-refractivity contribution in [1.82, 2.24) is 0 Å². The molecule has 0 aromatic carbocycles. The number of ether oxygens (including phenoxy) is 1. The Kier molecular flexibility index (Phi) is 25.4. The number of rotatable bonds is 1. The molecule has 7 heteroatoms. The molecule has 0 saturated heterocycles. The highest BCUT2D eigenvalue weighted by atomic mass is 28.1. The molecule has 10 heavy (non-hydrogen) atoms. The summed E-state index contributed by atoms with van der Waals surface area (Å²) in [6.07, 6.45) is -0.711. The van der Waals surface area contributed by atoms with Gasteiger partial charge >= 0.3 is 6.09 Å². The van der Waals surface area contributed by atoms with E-state index < -0.39 is 6.09 Å².